The van der Waals surface area contributed by atoms with Crippen molar-refractivity contribution in [3.05, 3.63) is 34.9 Å². The van der Waals surface area contributed by atoms with Gasteiger partial charge in [-0.3, -0.25) is 0 Å². The third-order valence-electron chi connectivity index (χ3n) is 4.65. The third kappa shape index (κ3) is 3.37. The first-order valence-electron chi connectivity index (χ1n) is 7.84. The molecule has 0 saturated carbocycles. The minimum atomic E-state index is 0.676. The average Bonchev–Trinajstić information content (AvgIpc) is 2.45. The van der Waals surface area contributed by atoms with Crippen molar-refractivity contribution >= 4 is 0 Å². The average molecular weight is 258 g/mol. The predicted molar refractivity (Wildman–Crippen MR) is 80.7 cm³/mol. The van der Waals surface area contributed by atoms with Crippen LogP contribution in [0.4, 0.5) is 0 Å². The molecule has 1 atom stereocenters. The number of piperazine rings is 1. The number of benzene rings is 1. The number of likely N-dealkylation sites (N-methyl/N-ethyl adjacent to an activating group) is 1. The summed E-state index contributed by atoms with van der Waals surface area (Å²) in [6, 6.07) is 7.89. The van der Waals surface area contributed by atoms with Gasteiger partial charge in [-0.2, -0.15) is 0 Å². The Balaban J connectivity index is 1.57. The molecule has 2 nitrogen and oxygen atoms in total. The van der Waals surface area contributed by atoms with Crippen molar-refractivity contribution in [2.24, 2.45) is 0 Å². The Morgan fingerprint density at radius 1 is 1.21 bits per heavy atom. The highest BCUT2D eigenvalue weighted by Gasteiger charge is 2.16. The van der Waals surface area contributed by atoms with Crippen LogP contribution in [-0.4, -0.2) is 37.6 Å². The molecule has 1 unspecified atom stereocenters. The van der Waals surface area contributed by atoms with E-state index in [0.29, 0.717) is 6.04 Å². The molecule has 1 heterocycles. The normalized spacial score (nSPS) is 24.2. The lowest BCUT2D eigenvalue weighted by atomic mass is 9.89. The van der Waals surface area contributed by atoms with Gasteiger partial charge in [0.1, 0.15) is 0 Å². The van der Waals surface area contributed by atoms with Crippen molar-refractivity contribution in [1.29, 1.82) is 0 Å². The Morgan fingerprint density at radius 3 is 2.89 bits per heavy atom. The molecule has 1 aliphatic heterocycles. The fraction of sp³-hybridized carbons (Fsp3) is 0.647. The van der Waals surface area contributed by atoms with Gasteiger partial charge in [0.05, 0.1) is 0 Å². The van der Waals surface area contributed by atoms with Gasteiger partial charge < -0.3 is 10.2 Å². The minimum Gasteiger partial charge on any atom is -0.311 e. The molecule has 0 aromatic heterocycles. The Bertz CT molecular complexity index is 427. The van der Waals surface area contributed by atoms with Gasteiger partial charge in [0.2, 0.25) is 0 Å². The number of hydrogen-bond donors (Lipinski definition) is 1. The first-order valence-corrected chi connectivity index (χ1v) is 7.84. The molecule has 0 bridgehead atoms. The van der Waals surface area contributed by atoms with Gasteiger partial charge in [-0.15, -0.1) is 0 Å². The van der Waals surface area contributed by atoms with Crippen LogP contribution in [-0.2, 0) is 19.3 Å². The zero-order chi connectivity index (χ0) is 13.1. The highest BCUT2D eigenvalue weighted by Crippen LogP contribution is 2.23. The molecule has 2 heteroatoms. The van der Waals surface area contributed by atoms with E-state index in [9.17, 15) is 0 Å². The molecule has 0 radical (unpaired) electrons. The van der Waals surface area contributed by atoms with Crippen molar-refractivity contribution in [2.75, 3.05) is 26.7 Å². The zero-order valence-corrected chi connectivity index (χ0v) is 12.1. The summed E-state index contributed by atoms with van der Waals surface area (Å²) in [5.74, 6) is 0. The molecule has 0 amide bonds. The maximum Gasteiger partial charge on any atom is 0.0198 e. The summed E-state index contributed by atoms with van der Waals surface area (Å²) in [5.41, 5.74) is 4.76. The molecule has 1 N–H and O–H groups in total. The van der Waals surface area contributed by atoms with Gasteiger partial charge in [-0.05, 0) is 62.3 Å². The van der Waals surface area contributed by atoms with Crippen LogP contribution in [0.2, 0.25) is 0 Å². The highest BCUT2D eigenvalue weighted by molar-refractivity contribution is 5.33. The number of hydrogen-bond acceptors (Lipinski definition) is 2. The number of aryl methyl sites for hydroxylation is 3. The highest BCUT2D eigenvalue weighted by atomic mass is 15.2. The molecule has 1 aromatic rings. The lowest BCUT2D eigenvalue weighted by Gasteiger charge is -2.31. The predicted octanol–water partition coefficient (Wildman–Crippen LogP) is 2.40. The Morgan fingerprint density at radius 2 is 2.05 bits per heavy atom. The molecule has 3 rings (SSSR count). The fourth-order valence-electron chi connectivity index (χ4n) is 3.47. The molecule has 1 aromatic carbocycles. The van der Waals surface area contributed by atoms with E-state index in [1.54, 1.807) is 11.1 Å². The van der Waals surface area contributed by atoms with E-state index < -0.39 is 0 Å². The fourth-order valence-corrected chi connectivity index (χ4v) is 3.47. The standard InChI is InChI=1S/C17H26N2/c1-19-11-10-18-17(13-19)9-7-14-6-8-15-4-2-3-5-16(15)12-14/h6,8,12,17-18H,2-5,7,9-11,13H2,1H3. The first-order chi connectivity index (χ1) is 9.31. The van der Waals surface area contributed by atoms with Gasteiger partial charge in [-0.25, -0.2) is 0 Å². The van der Waals surface area contributed by atoms with E-state index in [1.165, 1.54) is 57.2 Å². The Kier molecular flexibility index (Phi) is 4.19. The van der Waals surface area contributed by atoms with Crippen LogP contribution >= 0.6 is 0 Å². The summed E-state index contributed by atoms with van der Waals surface area (Å²) in [4.78, 5) is 2.44. The largest absolute Gasteiger partial charge is 0.311 e. The Hall–Kier alpha value is -0.860. The lowest BCUT2D eigenvalue weighted by molar-refractivity contribution is 0.232. The van der Waals surface area contributed by atoms with Crippen molar-refractivity contribution in [3.63, 3.8) is 0 Å². The summed E-state index contributed by atoms with van der Waals surface area (Å²) < 4.78 is 0. The van der Waals surface area contributed by atoms with E-state index in [1.807, 2.05) is 0 Å². The van der Waals surface area contributed by atoms with Crippen LogP contribution in [0.5, 0.6) is 0 Å². The SMILES string of the molecule is CN1CCNC(CCc2ccc3c(c2)CCCC3)C1. The summed E-state index contributed by atoms with van der Waals surface area (Å²) >= 11 is 0. The Labute approximate surface area is 117 Å². The number of fused-ring (bicyclic) bond motifs is 1. The zero-order valence-electron chi connectivity index (χ0n) is 12.1. The first kappa shape index (κ1) is 13.1. The maximum absolute atomic E-state index is 3.64. The van der Waals surface area contributed by atoms with Gasteiger partial charge in [-0.1, -0.05) is 18.2 Å². The quantitative estimate of drug-likeness (QED) is 0.895. The second-order valence-electron chi connectivity index (χ2n) is 6.26. The van der Waals surface area contributed by atoms with E-state index in [-0.39, 0.29) is 0 Å². The smallest absolute Gasteiger partial charge is 0.0198 e. The van der Waals surface area contributed by atoms with Gasteiger partial charge in [0.25, 0.3) is 0 Å². The lowest BCUT2D eigenvalue weighted by Crippen LogP contribution is -2.49. The second kappa shape index (κ2) is 6.06. The van der Waals surface area contributed by atoms with Crippen LogP contribution in [0.15, 0.2) is 18.2 Å². The summed E-state index contributed by atoms with van der Waals surface area (Å²) in [7, 11) is 2.23. The van der Waals surface area contributed by atoms with Gasteiger partial charge in [0, 0.05) is 25.7 Å². The van der Waals surface area contributed by atoms with Crippen LogP contribution in [0, 0.1) is 0 Å². The molecule has 1 saturated heterocycles. The minimum absolute atomic E-state index is 0.676. The van der Waals surface area contributed by atoms with Gasteiger partial charge in [0.15, 0.2) is 0 Å². The monoisotopic (exact) mass is 258 g/mol. The van der Waals surface area contributed by atoms with Crippen LogP contribution in [0.3, 0.4) is 0 Å². The molecular formula is C17H26N2. The van der Waals surface area contributed by atoms with Crippen molar-refractivity contribution in [1.82, 2.24) is 10.2 Å². The van der Waals surface area contributed by atoms with Gasteiger partial charge >= 0.3 is 0 Å². The molecule has 1 aliphatic carbocycles. The van der Waals surface area contributed by atoms with Crippen LogP contribution in [0.1, 0.15) is 36.0 Å². The van der Waals surface area contributed by atoms with Crippen LogP contribution in [0.25, 0.3) is 0 Å². The topological polar surface area (TPSA) is 15.3 Å². The summed E-state index contributed by atoms with van der Waals surface area (Å²) in [6.07, 6.45) is 7.84. The molecule has 104 valence electrons. The van der Waals surface area contributed by atoms with E-state index in [4.69, 9.17) is 0 Å². The van der Waals surface area contributed by atoms with Crippen molar-refractivity contribution in [2.45, 2.75) is 44.6 Å². The molecule has 1 fully saturated rings. The number of nitrogens with zero attached hydrogens (tertiary/aromatic N) is 1. The number of rotatable bonds is 3. The summed E-state index contributed by atoms with van der Waals surface area (Å²) in [5, 5.41) is 3.64. The second-order valence-corrected chi connectivity index (χ2v) is 6.26. The number of nitrogens with one attached hydrogen (secondary N) is 1. The molecule has 0 spiro atoms. The van der Waals surface area contributed by atoms with Crippen molar-refractivity contribution < 1.29 is 0 Å². The van der Waals surface area contributed by atoms with E-state index in [0.717, 1.165) is 6.54 Å². The van der Waals surface area contributed by atoms with Crippen molar-refractivity contribution in [3.8, 4) is 0 Å². The van der Waals surface area contributed by atoms with E-state index in [2.05, 4.69) is 35.5 Å². The van der Waals surface area contributed by atoms with Crippen LogP contribution < -0.4 is 5.32 Å². The molecule has 2 aliphatic rings. The molecule has 19 heavy (non-hydrogen) atoms. The molecular weight excluding hydrogens is 232 g/mol. The maximum atomic E-state index is 3.64. The summed E-state index contributed by atoms with van der Waals surface area (Å²) in [6.45, 7) is 3.53. The third-order valence-corrected chi connectivity index (χ3v) is 4.65. The van der Waals surface area contributed by atoms with E-state index >= 15 is 0 Å².